The number of rotatable bonds is 1. The molecule has 4 rings (SSSR count). The van der Waals surface area contributed by atoms with Crippen molar-refractivity contribution in [3.63, 3.8) is 0 Å². The maximum absolute atomic E-state index is 4.50. The van der Waals surface area contributed by atoms with Crippen LogP contribution >= 0.6 is 11.3 Å². The number of aromatic nitrogens is 3. The van der Waals surface area contributed by atoms with Crippen molar-refractivity contribution in [2.75, 3.05) is 6.54 Å². The number of hydrogen-bond acceptors (Lipinski definition) is 4. The molecule has 0 amide bonds. The summed E-state index contributed by atoms with van der Waals surface area (Å²) >= 11 is 1.87. The molecular weight excluding hydrogens is 256 g/mol. The fourth-order valence-corrected chi connectivity index (χ4v) is 4.12. The first-order chi connectivity index (χ1) is 9.43. The lowest BCUT2D eigenvalue weighted by Gasteiger charge is -2.24. The summed E-state index contributed by atoms with van der Waals surface area (Å²) < 4.78 is 2.36. The van der Waals surface area contributed by atoms with Gasteiger partial charge in [0.15, 0.2) is 5.82 Å². The maximum atomic E-state index is 4.50. The molecule has 19 heavy (non-hydrogen) atoms. The molecule has 0 radical (unpaired) electrons. The molecule has 5 heteroatoms. The Labute approximate surface area is 116 Å². The van der Waals surface area contributed by atoms with Gasteiger partial charge in [-0.25, -0.2) is 0 Å². The van der Waals surface area contributed by atoms with E-state index in [1.165, 1.54) is 35.5 Å². The first-order valence-electron chi connectivity index (χ1n) is 7.15. The van der Waals surface area contributed by atoms with Crippen molar-refractivity contribution < 1.29 is 0 Å². The van der Waals surface area contributed by atoms with Crippen molar-refractivity contribution in [3.8, 4) is 0 Å². The van der Waals surface area contributed by atoms with Gasteiger partial charge >= 0.3 is 0 Å². The van der Waals surface area contributed by atoms with Crippen LogP contribution in [0.5, 0.6) is 0 Å². The van der Waals surface area contributed by atoms with E-state index in [-0.39, 0.29) is 6.04 Å². The number of nitrogens with zero attached hydrogens (tertiary/aromatic N) is 3. The van der Waals surface area contributed by atoms with Crippen molar-refractivity contribution >= 4 is 11.3 Å². The average molecular weight is 274 g/mol. The summed E-state index contributed by atoms with van der Waals surface area (Å²) in [5, 5.41) is 14.7. The second kappa shape index (κ2) is 4.72. The van der Waals surface area contributed by atoms with Gasteiger partial charge in [-0.3, -0.25) is 0 Å². The van der Waals surface area contributed by atoms with E-state index in [1.54, 1.807) is 0 Å². The Morgan fingerprint density at radius 1 is 1.21 bits per heavy atom. The highest BCUT2D eigenvalue weighted by atomic mass is 32.1. The van der Waals surface area contributed by atoms with Gasteiger partial charge in [0.05, 0.1) is 6.04 Å². The van der Waals surface area contributed by atoms with Gasteiger partial charge in [0.1, 0.15) is 5.82 Å². The zero-order valence-corrected chi connectivity index (χ0v) is 11.7. The molecule has 0 aromatic carbocycles. The lowest BCUT2D eigenvalue weighted by molar-refractivity contribution is 0.508. The highest BCUT2D eigenvalue weighted by molar-refractivity contribution is 7.10. The number of nitrogens with one attached hydrogen (secondary N) is 1. The molecular formula is C14H18N4S. The van der Waals surface area contributed by atoms with E-state index in [4.69, 9.17) is 0 Å². The van der Waals surface area contributed by atoms with Crippen molar-refractivity contribution in [1.29, 1.82) is 0 Å². The number of thiophene rings is 1. The molecule has 2 aliphatic rings. The van der Waals surface area contributed by atoms with Crippen LogP contribution in [-0.4, -0.2) is 21.3 Å². The van der Waals surface area contributed by atoms with Crippen LogP contribution in [0, 0.1) is 0 Å². The van der Waals surface area contributed by atoms with Crippen LogP contribution in [0.25, 0.3) is 0 Å². The summed E-state index contributed by atoms with van der Waals surface area (Å²) in [5.74, 6) is 2.30. The molecule has 1 atom stereocenters. The predicted octanol–water partition coefficient (Wildman–Crippen LogP) is 2.30. The standard InChI is InChI=1S/C14H18N4S/c1-2-4-12-16-17-14(18(12)8-3-1)13-10-6-9-19-11(10)5-7-15-13/h6,9,13,15H,1-5,7-8H2. The van der Waals surface area contributed by atoms with Gasteiger partial charge in [-0.1, -0.05) is 6.42 Å². The molecule has 0 aliphatic carbocycles. The van der Waals surface area contributed by atoms with E-state index in [0.717, 1.165) is 31.8 Å². The van der Waals surface area contributed by atoms with Crippen LogP contribution in [0.2, 0.25) is 0 Å². The smallest absolute Gasteiger partial charge is 0.154 e. The van der Waals surface area contributed by atoms with E-state index in [1.807, 2.05) is 11.3 Å². The van der Waals surface area contributed by atoms with E-state index < -0.39 is 0 Å². The summed E-state index contributed by atoms with van der Waals surface area (Å²) in [4.78, 5) is 1.51. The molecule has 0 spiro atoms. The molecule has 4 heterocycles. The molecule has 0 fully saturated rings. The third-order valence-corrected chi connectivity index (χ3v) is 5.18. The maximum Gasteiger partial charge on any atom is 0.154 e. The highest BCUT2D eigenvalue weighted by Gasteiger charge is 2.28. The van der Waals surface area contributed by atoms with Crippen LogP contribution < -0.4 is 5.32 Å². The average Bonchev–Trinajstić information content (AvgIpc) is 3.00. The van der Waals surface area contributed by atoms with Crippen LogP contribution in [0.15, 0.2) is 11.4 Å². The second-order valence-electron chi connectivity index (χ2n) is 5.37. The fourth-order valence-electron chi connectivity index (χ4n) is 3.20. The molecule has 100 valence electrons. The van der Waals surface area contributed by atoms with Gasteiger partial charge in [0, 0.05) is 24.4 Å². The minimum Gasteiger partial charge on any atom is -0.313 e. The molecule has 4 nitrogen and oxygen atoms in total. The largest absolute Gasteiger partial charge is 0.313 e. The SMILES string of the molecule is c1cc2c(s1)CCNC2c1nnc2n1CCCCC2. The lowest BCUT2D eigenvalue weighted by atomic mass is 10.0. The predicted molar refractivity (Wildman–Crippen MR) is 75.4 cm³/mol. The third kappa shape index (κ3) is 1.92. The fraction of sp³-hybridized carbons (Fsp3) is 0.571. The number of aryl methyl sites for hydroxylation is 1. The monoisotopic (exact) mass is 274 g/mol. The zero-order chi connectivity index (χ0) is 12.7. The molecule has 0 saturated carbocycles. The zero-order valence-electron chi connectivity index (χ0n) is 10.9. The van der Waals surface area contributed by atoms with E-state index in [0.29, 0.717) is 0 Å². The Kier molecular flexibility index (Phi) is 2.89. The van der Waals surface area contributed by atoms with Gasteiger partial charge in [0.25, 0.3) is 0 Å². The minimum absolute atomic E-state index is 0.245. The molecule has 1 unspecified atom stereocenters. The van der Waals surface area contributed by atoms with Crippen LogP contribution in [0.4, 0.5) is 0 Å². The first kappa shape index (κ1) is 11.6. The molecule has 1 N–H and O–H groups in total. The molecule has 2 aromatic rings. The normalized spacial score (nSPS) is 22.6. The molecule has 2 aliphatic heterocycles. The van der Waals surface area contributed by atoms with Crippen LogP contribution in [0.1, 0.15) is 47.4 Å². The summed E-state index contributed by atoms with van der Waals surface area (Å²) in [7, 11) is 0. The Bertz CT molecular complexity index is 586. The Morgan fingerprint density at radius 3 is 3.21 bits per heavy atom. The quantitative estimate of drug-likeness (QED) is 0.867. The van der Waals surface area contributed by atoms with Crippen LogP contribution in [0.3, 0.4) is 0 Å². The lowest BCUT2D eigenvalue weighted by Crippen LogP contribution is -2.31. The molecule has 0 saturated heterocycles. The Morgan fingerprint density at radius 2 is 2.21 bits per heavy atom. The summed E-state index contributed by atoms with van der Waals surface area (Å²) in [6.07, 6.45) is 6.03. The van der Waals surface area contributed by atoms with Crippen molar-refractivity contribution in [2.45, 2.75) is 44.7 Å². The van der Waals surface area contributed by atoms with Gasteiger partial charge in [0.2, 0.25) is 0 Å². The van der Waals surface area contributed by atoms with Gasteiger partial charge < -0.3 is 9.88 Å². The first-order valence-corrected chi connectivity index (χ1v) is 8.03. The summed E-state index contributed by atoms with van der Waals surface area (Å²) in [6, 6.07) is 2.49. The van der Waals surface area contributed by atoms with Crippen molar-refractivity contribution in [2.24, 2.45) is 0 Å². The van der Waals surface area contributed by atoms with Gasteiger partial charge in [-0.05, 0) is 36.3 Å². The summed E-state index contributed by atoms with van der Waals surface area (Å²) in [6.45, 7) is 2.12. The Balaban J connectivity index is 1.76. The van der Waals surface area contributed by atoms with E-state index >= 15 is 0 Å². The van der Waals surface area contributed by atoms with Gasteiger partial charge in [-0.2, -0.15) is 0 Å². The molecule has 2 aromatic heterocycles. The second-order valence-corrected chi connectivity index (χ2v) is 6.37. The third-order valence-electron chi connectivity index (χ3n) is 4.19. The topological polar surface area (TPSA) is 42.7 Å². The molecule has 0 bridgehead atoms. The highest BCUT2D eigenvalue weighted by Crippen LogP contribution is 2.32. The van der Waals surface area contributed by atoms with Crippen molar-refractivity contribution in [1.82, 2.24) is 20.1 Å². The van der Waals surface area contributed by atoms with E-state index in [2.05, 4.69) is 31.5 Å². The Hall–Kier alpha value is -1.20. The minimum atomic E-state index is 0.245. The van der Waals surface area contributed by atoms with Crippen molar-refractivity contribution in [3.05, 3.63) is 33.5 Å². The van der Waals surface area contributed by atoms with Crippen LogP contribution in [-0.2, 0) is 19.4 Å². The number of fused-ring (bicyclic) bond motifs is 2. The summed E-state index contributed by atoms with van der Waals surface area (Å²) in [5.41, 5.74) is 1.41. The number of hydrogen-bond donors (Lipinski definition) is 1. The van der Waals surface area contributed by atoms with E-state index in [9.17, 15) is 0 Å². The van der Waals surface area contributed by atoms with Gasteiger partial charge in [-0.15, -0.1) is 21.5 Å².